The number of amides is 1. The highest BCUT2D eigenvalue weighted by Crippen LogP contribution is 2.43. The van der Waals surface area contributed by atoms with Crippen molar-refractivity contribution in [2.24, 2.45) is 5.92 Å². The third-order valence-electron chi connectivity index (χ3n) is 5.90. The number of aliphatic hydroxyl groups is 1. The molecule has 3 aromatic rings. The van der Waals surface area contributed by atoms with Crippen LogP contribution in [0.1, 0.15) is 42.1 Å². The number of benzene rings is 2. The van der Waals surface area contributed by atoms with Gasteiger partial charge in [0.05, 0.1) is 18.2 Å². The standard InChI is InChI=1S/C28H27ClN2O4/c1-16(2)15-35-23-10-8-19(12-18(23)4)26(32)24-25(20-6-5-11-30-14-20)31(28(34)27(24)33)22-13-21(29)9-7-17(22)3/h5-14,16,25,32H,15H2,1-4H3/b26-24+. The molecule has 0 radical (unpaired) electrons. The Morgan fingerprint density at radius 3 is 2.54 bits per heavy atom. The number of Topliss-reactive ketones (excluding diaryl/α,β-unsaturated/α-hetero) is 1. The molecule has 1 unspecified atom stereocenters. The zero-order chi connectivity index (χ0) is 25.3. The van der Waals surface area contributed by atoms with Crippen molar-refractivity contribution in [2.45, 2.75) is 33.7 Å². The van der Waals surface area contributed by atoms with Crippen LogP contribution < -0.4 is 9.64 Å². The number of ketones is 1. The van der Waals surface area contributed by atoms with E-state index in [2.05, 4.69) is 18.8 Å². The maximum absolute atomic E-state index is 13.3. The van der Waals surface area contributed by atoms with E-state index in [4.69, 9.17) is 16.3 Å². The Balaban J connectivity index is 1.86. The molecule has 1 amide bonds. The molecule has 1 aliphatic heterocycles. The summed E-state index contributed by atoms with van der Waals surface area (Å²) in [6.07, 6.45) is 3.20. The molecule has 0 spiro atoms. The fourth-order valence-electron chi connectivity index (χ4n) is 4.15. The molecular weight excluding hydrogens is 464 g/mol. The number of carbonyl (C=O) groups excluding carboxylic acids is 2. The van der Waals surface area contributed by atoms with Gasteiger partial charge in [0.15, 0.2) is 0 Å². The summed E-state index contributed by atoms with van der Waals surface area (Å²) in [5.74, 6) is -0.687. The van der Waals surface area contributed by atoms with Crippen molar-refractivity contribution in [3.05, 3.63) is 93.8 Å². The molecule has 180 valence electrons. The minimum atomic E-state index is -0.863. The van der Waals surface area contributed by atoms with Gasteiger partial charge in [-0.05, 0) is 72.9 Å². The van der Waals surface area contributed by atoms with Crippen LogP contribution in [0.15, 0.2) is 66.5 Å². The van der Waals surface area contributed by atoms with Crippen molar-refractivity contribution >= 4 is 34.7 Å². The molecular formula is C28H27ClN2O4. The Bertz CT molecular complexity index is 1320. The Morgan fingerprint density at radius 1 is 1.11 bits per heavy atom. The van der Waals surface area contributed by atoms with E-state index in [1.165, 1.54) is 4.90 Å². The van der Waals surface area contributed by atoms with Gasteiger partial charge in [0.25, 0.3) is 11.7 Å². The minimum absolute atomic E-state index is 0.00220. The topological polar surface area (TPSA) is 79.7 Å². The summed E-state index contributed by atoms with van der Waals surface area (Å²) in [4.78, 5) is 32.2. The first-order valence-electron chi connectivity index (χ1n) is 11.4. The molecule has 2 heterocycles. The molecule has 1 aromatic heterocycles. The van der Waals surface area contributed by atoms with E-state index < -0.39 is 17.7 Å². The molecule has 2 aromatic carbocycles. The van der Waals surface area contributed by atoms with E-state index in [9.17, 15) is 14.7 Å². The molecule has 4 rings (SSSR count). The lowest BCUT2D eigenvalue weighted by Crippen LogP contribution is -2.30. The SMILES string of the molecule is Cc1cc(/C(O)=C2\C(=O)C(=O)N(c3cc(Cl)ccc3C)C2c2cccnc2)ccc1OCC(C)C. The van der Waals surface area contributed by atoms with Gasteiger partial charge < -0.3 is 9.84 Å². The van der Waals surface area contributed by atoms with Crippen LogP contribution in [0.4, 0.5) is 5.69 Å². The summed E-state index contributed by atoms with van der Waals surface area (Å²) in [5.41, 5.74) is 3.11. The number of halogens is 1. The number of anilines is 1. The van der Waals surface area contributed by atoms with Crippen LogP contribution in [0.3, 0.4) is 0 Å². The largest absolute Gasteiger partial charge is 0.507 e. The van der Waals surface area contributed by atoms with Gasteiger partial charge in [-0.15, -0.1) is 0 Å². The van der Waals surface area contributed by atoms with Crippen LogP contribution in [-0.4, -0.2) is 28.4 Å². The predicted molar refractivity (Wildman–Crippen MR) is 137 cm³/mol. The highest BCUT2D eigenvalue weighted by atomic mass is 35.5. The molecule has 1 aliphatic rings. The van der Waals surface area contributed by atoms with Crippen LogP contribution >= 0.6 is 11.6 Å². The molecule has 1 fully saturated rings. The van der Waals surface area contributed by atoms with Crippen LogP contribution in [0, 0.1) is 19.8 Å². The first kappa shape index (κ1) is 24.5. The van der Waals surface area contributed by atoms with E-state index in [0.717, 1.165) is 11.1 Å². The molecule has 6 nitrogen and oxygen atoms in total. The average molecular weight is 491 g/mol. The summed E-state index contributed by atoms with van der Waals surface area (Å²) in [7, 11) is 0. The number of carbonyl (C=O) groups is 2. The number of hydrogen-bond donors (Lipinski definition) is 1. The Morgan fingerprint density at radius 2 is 1.89 bits per heavy atom. The summed E-state index contributed by atoms with van der Waals surface area (Å²) in [6, 6.07) is 13.0. The predicted octanol–water partition coefficient (Wildman–Crippen LogP) is 6.01. The normalized spacial score (nSPS) is 17.3. The zero-order valence-corrected chi connectivity index (χ0v) is 20.8. The Labute approximate surface area is 209 Å². The smallest absolute Gasteiger partial charge is 0.300 e. The number of aromatic nitrogens is 1. The van der Waals surface area contributed by atoms with Crippen molar-refractivity contribution in [3.63, 3.8) is 0 Å². The third-order valence-corrected chi connectivity index (χ3v) is 6.13. The number of ether oxygens (including phenoxy) is 1. The summed E-state index contributed by atoms with van der Waals surface area (Å²) < 4.78 is 5.84. The zero-order valence-electron chi connectivity index (χ0n) is 20.1. The van der Waals surface area contributed by atoms with Crippen molar-refractivity contribution < 1.29 is 19.4 Å². The van der Waals surface area contributed by atoms with Gasteiger partial charge in [0.2, 0.25) is 0 Å². The highest BCUT2D eigenvalue weighted by molar-refractivity contribution is 6.52. The van der Waals surface area contributed by atoms with Gasteiger partial charge in [0.1, 0.15) is 11.5 Å². The van der Waals surface area contributed by atoms with E-state index >= 15 is 0 Å². The lowest BCUT2D eigenvalue weighted by atomic mass is 9.95. The molecule has 0 bridgehead atoms. The number of aliphatic hydroxyl groups excluding tert-OH is 1. The van der Waals surface area contributed by atoms with E-state index in [1.807, 2.05) is 13.8 Å². The van der Waals surface area contributed by atoms with Crippen molar-refractivity contribution in [1.29, 1.82) is 0 Å². The number of pyridine rings is 1. The van der Waals surface area contributed by atoms with Gasteiger partial charge in [-0.3, -0.25) is 19.5 Å². The Hall–Kier alpha value is -3.64. The first-order valence-corrected chi connectivity index (χ1v) is 11.8. The highest BCUT2D eigenvalue weighted by Gasteiger charge is 2.47. The van der Waals surface area contributed by atoms with Crippen LogP contribution in [0.25, 0.3) is 5.76 Å². The van der Waals surface area contributed by atoms with Crippen molar-refractivity contribution in [2.75, 3.05) is 11.5 Å². The quantitative estimate of drug-likeness (QED) is 0.260. The molecule has 1 N–H and O–H groups in total. The molecule has 1 atom stereocenters. The fourth-order valence-corrected chi connectivity index (χ4v) is 4.31. The van der Waals surface area contributed by atoms with E-state index in [0.29, 0.717) is 40.1 Å². The molecule has 0 aliphatic carbocycles. The number of rotatable bonds is 6. The molecule has 35 heavy (non-hydrogen) atoms. The average Bonchev–Trinajstić information content (AvgIpc) is 3.10. The van der Waals surface area contributed by atoms with Gasteiger partial charge >= 0.3 is 0 Å². The van der Waals surface area contributed by atoms with Crippen LogP contribution in [0.2, 0.25) is 5.02 Å². The second kappa shape index (κ2) is 9.92. The van der Waals surface area contributed by atoms with Crippen LogP contribution in [-0.2, 0) is 9.59 Å². The van der Waals surface area contributed by atoms with Crippen LogP contribution in [0.5, 0.6) is 5.75 Å². The summed E-state index contributed by atoms with van der Waals surface area (Å²) >= 11 is 6.24. The second-order valence-corrected chi connectivity index (χ2v) is 9.51. The first-order chi connectivity index (χ1) is 16.7. The summed E-state index contributed by atoms with van der Waals surface area (Å²) in [5, 5.41) is 11.8. The summed E-state index contributed by atoms with van der Waals surface area (Å²) in [6.45, 7) is 8.41. The van der Waals surface area contributed by atoms with Gasteiger partial charge in [-0.1, -0.05) is 37.6 Å². The molecule has 1 saturated heterocycles. The number of nitrogens with zero attached hydrogens (tertiary/aromatic N) is 2. The number of aryl methyl sites for hydroxylation is 2. The molecule has 7 heteroatoms. The van der Waals surface area contributed by atoms with E-state index in [-0.39, 0.29) is 11.3 Å². The second-order valence-electron chi connectivity index (χ2n) is 9.07. The maximum Gasteiger partial charge on any atom is 0.300 e. The van der Waals surface area contributed by atoms with Gasteiger partial charge in [0, 0.05) is 28.7 Å². The molecule has 0 saturated carbocycles. The number of hydrogen-bond acceptors (Lipinski definition) is 5. The van der Waals surface area contributed by atoms with Gasteiger partial charge in [-0.2, -0.15) is 0 Å². The fraction of sp³-hybridized carbons (Fsp3) is 0.250. The monoisotopic (exact) mass is 490 g/mol. The van der Waals surface area contributed by atoms with Crippen molar-refractivity contribution in [1.82, 2.24) is 4.98 Å². The third kappa shape index (κ3) is 4.80. The van der Waals surface area contributed by atoms with Crippen molar-refractivity contribution in [3.8, 4) is 5.75 Å². The van der Waals surface area contributed by atoms with E-state index in [1.54, 1.807) is 60.9 Å². The lowest BCUT2D eigenvalue weighted by Gasteiger charge is -2.26. The minimum Gasteiger partial charge on any atom is -0.507 e. The maximum atomic E-state index is 13.3. The van der Waals surface area contributed by atoms with Gasteiger partial charge in [-0.25, -0.2) is 0 Å². The lowest BCUT2D eigenvalue weighted by molar-refractivity contribution is -0.132. The Kier molecular flexibility index (Phi) is 6.94.